The van der Waals surface area contributed by atoms with Crippen LogP contribution >= 0.6 is 0 Å². The van der Waals surface area contributed by atoms with Gasteiger partial charge in [0.25, 0.3) is 0 Å². The van der Waals surface area contributed by atoms with Gasteiger partial charge in [0.15, 0.2) is 0 Å². The van der Waals surface area contributed by atoms with E-state index >= 15 is 0 Å². The maximum Gasteiger partial charge on any atom is 0.137 e. The minimum atomic E-state index is 0.0155. The Bertz CT molecular complexity index is 407. The van der Waals surface area contributed by atoms with Gasteiger partial charge in [-0.15, -0.1) is 0 Å². The van der Waals surface area contributed by atoms with Crippen LogP contribution in [0.2, 0.25) is 0 Å². The standard InChI is InChI=1S/C15H22O2/c1-8-5-6-10(16)9-7-11(17)12-13(14(12,2)3)15(8,9)4/h8-9,12-13H,5-7H2,1-4H3/t8-,9+,12-,13+,15+/m1/s1. The molecular formula is C15H22O2. The first-order chi connectivity index (χ1) is 7.81. The first-order valence-electron chi connectivity index (χ1n) is 6.86. The average molecular weight is 234 g/mol. The van der Waals surface area contributed by atoms with Crippen LogP contribution in [0.4, 0.5) is 0 Å². The van der Waals surface area contributed by atoms with Gasteiger partial charge < -0.3 is 0 Å². The Morgan fingerprint density at radius 1 is 1.12 bits per heavy atom. The largest absolute Gasteiger partial charge is 0.299 e. The summed E-state index contributed by atoms with van der Waals surface area (Å²) in [7, 11) is 0. The molecule has 2 nitrogen and oxygen atoms in total. The molecular weight excluding hydrogens is 212 g/mol. The van der Waals surface area contributed by atoms with E-state index < -0.39 is 0 Å². The molecule has 0 N–H and O–H groups in total. The highest BCUT2D eigenvalue weighted by molar-refractivity contribution is 5.94. The lowest BCUT2D eigenvalue weighted by molar-refractivity contribution is -0.144. The molecule has 0 aliphatic heterocycles. The zero-order valence-corrected chi connectivity index (χ0v) is 11.2. The topological polar surface area (TPSA) is 34.1 Å². The Morgan fingerprint density at radius 3 is 2.41 bits per heavy atom. The summed E-state index contributed by atoms with van der Waals surface area (Å²) in [4.78, 5) is 24.3. The van der Waals surface area contributed by atoms with Crippen LogP contribution in [0, 0.1) is 34.5 Å². The van der Waals surface area contributed by atoms with E-state index in [1.807, 2.05) is 0 Å². The van der Waals surface area contributed by atoms with Crippen molar-refractivity contribution in [3.05, 3.63) is 0 Å². The van der Waals surface area contributed by atoms with Gasteiger partial charge in [-0.3, -0.25) is 9.59 Å². The Morgan fingerprint density at radius 2 is 1.76 bits per heavy atom. The first-order valence-corrected chi connectivity index (χ1v) is 6.86. The smallest absolute Gasteiger partial charge is 0.137 e. The summed E-state index contributed by atoms with van der Waals surface area (Å²) in [6, 6.07) is 0. The van der Waals surface area contributed by atoms with Crippen molar-refractivity contribution in [1.82, 2.24) is 0 Å². The summed E-state index contributed by atoms with van der Waals surface area (Å²) < 4.78 is 0. The van der Waals surface area contributed by atoms with E-state index in [0.717, 1.165) is 6.42 Å². The Labute approximate surface area is 103 Å². The molecule has 0 aromatic carbocycles. The van der Waals surface area contributed by atoms with Crippen molar-refractivity contribution < 1.29 is 9.59 Å². The number of Topliss-reactive ketones (excluding diaryl/α,β-unsaturated/α-hetero) is 2. The molecule has 0 aromatic rings. The lowest BCUT2D eigenvalue weighted by Gasteiger charge is -2.48. The van der Waals surface area contributed by atoms with Crippen LogP contribution in [0.1, 0.15) is 47.0 Å². The summed E-state index contributed by atoms with van der Waals surface area (Å²) in [5, 5.41) is 0. The lowest BCUT2D eigenvalue weighted by atomic mass is 9.54. The molecule has 94 valence electrons. The SMILES string of the molecule is C[C@@H]1CCC(=O)[C@@H]2CC(=O)[C@@H]3[C@@H](C3(C)C)[C@@]12C. The molecule has 0 bridgehead atoms. The van der Waals surface area contributed by atoms with Crippen molar-refractivity contribution in [2.24, 2.45) is 34.5 Å². The molecule has 17 heavy (non-hydrogen) atoms. The van der Waals surface area contributed by atoms with E-state index in [0.29, 0.717) is 36.2 Å². The second-order valence-electron chi connectivity index (χ2n) is 7.27. The molecule has 0 heterocycles. The first kappa shape index (κ1) is 11.4. The van der Waals surface area contributed by atoms with Crippen molar-refractivity contribution >= 4 is 11.6 Å². The van der Waals surface area contributed by atoms with Crippen LogP contribution in [0.3, 0.4) is 0 Å². The zero-order chi connectivity index (χ0) is 12.6. The van der Waals surface area contributed by atoms with Crippen molar-refractivity contribution in [3.8, 4) is 0 Å². The Hall–Kier alpha value is -0.660. The van der Waals surface area contributed by atoms with Gasteiger partial charge in [0.2, 0.25) is 0 Å². The van der Waals surface area contributed by atoms with Crippen molar-refractivity contribution in [1.29, 1.82) is 0 Å². The molecule has 0 unspecified atom stereocenters. The molecule has 3 aliphatic rings. The summed E-state index contributed by atoms with van der Waals surface area (Å²) in [6.45, 7) is 8.97. The minimum Gasteiger partial charge on any atom is -0.299 e. The summed E-state index contributed by atoms with van der Waals surface area (Å²) >= 11 is 0. The molecule has 0 amide bonds. The summed E-state index contributed by atoms with van der Waals surface area (Å²) in [6.07, 6.45) is 2.22. The van der Waals surface area contributed by atoms with Gasteiger partial charge in [-0.25, -0.2) is 0 Å². The lowest BCUT2D eigenvalue weighted by Crippen LogP contribution is -2.49. The Kier molecular flexibility index (Phi) is 2.03. The predicted molar refractivity (Wildman–Crippen MR) is 65.4 cm³/mol. The normalized spacial score (nSPS) is 51.8. The van der Waals surface area contributed by atoms with Crippen LogP contribution in [0.5, 0.6) is 0 Å². The zero-order valence-electron chi connectivity index (χ0n) is 11.2. The van der Waals surface area contributed by atoms with E-state index in [1.165, 1.54) is 0 Å². The Balaban J connectivity index is 2.06. The fraction of sp³-hybridized carbons (Fsp3) is 0.867. The monoisotopic (exact) mass is 234 g/mol. The van der Waals surface area contributed by atoms with Gasteiger partial charge in [0.05, 0.1) is 0 Å². The van der Waals surface area contributed by atoms with Crippen LogP contribution in [-0.2, 0) is 9.59 Å². The third-order valence-electron chi connectivity index (χ3n) is 6.27. The number of carbonyl (C=O) groups is 2. The molecule has 0 saturated heterocycles. The average Bonchev–Trinajstić information content (AvgIpc) is 2.83. The predicted octanol–water partition coefficient (Wildman–Crippen LogP) is 2.85. The van der Waals surface area contributed by atoms with E-state index in [1.54, 1.807) is 0 Å². The molecule has 0 spiro atoms. The highest BCUT2D eigenvalue weighted by atomic mass is 16.1. The molecule has 3 fully saturated rings. The molecule has 0 aromatic heterocycles. The second kappa shape index (κ2) is 3.02. The number of rotatable bonds is 0. The van der Waals surface area contributed by atoms with Gasteiger partial charge in [-0.05, 0) is 29.1 Å². The van der Waals surface area contributed by atoms with Gasteiger partial charge >= 0.3 is 0 Å². The highest BCUT2D eigenvalue weighted by Crippen LogP contribution is 2.74. The summed E-state index contributed by atoms with van der Waals surface area (Å²) in [5.41, 5.74) is 0.212. The highest BCUT2D eigenvalue weighted by Gasteiger charge is 2.74. The van der Waals surface area contributed by atoms with E-state index in [2.05, 4.69) is 27.7 Å². The van der Waals surface area contributed by atoms with E-state index in [4.69, 9.17) is 0 Å². The maximum absolute atomic E-state index is 12.1. The van der Waals surface area contributed by atoms with Crippen molar-refractivity contribution in [2.45, 2.75) is 47.0 Å². The molecule has 2 heteroatoms. The maximum atomic E-state index is 12.1. The van der Waals surface area contributed by atoms with Crippen molar-refractivity contribution in [2.75, 3.05) is 0 Å². The number of hydrogen-bond donors (Lipinski definition) is 0. The van der Waals surface area contributed by atoms with Crippen LogP contribution < -0.4 is 0 Å². The quantitative estimate of drug-likeness (QED) is 0.646. The minimum absolute atomic E-state index is 0.0155. The van der Waals surface area contributed by atoms with E-state index in [-0.39, 0.29) is 22.7 Å². The molecule has 3 rings (SSSR count). The van der Waals surface area contributed by atoms with Crippen LogP contribution in [-0.4, -0.2) is 11.6 Å². The van der Waals surface area contributed by atoms with Gasteiger partial charge in [0.1, 0.15) is 11.6 Å². The fourth-order valence-corrected chi connectivity index (χ4v) is 5.12. The fourth-order valence-electron chi connectivity index (χ4n) is 5.12. The van der Waals surface area contributed by atoms with Gasteiger partial charge in [0, 0.05) is 24.7 Å². The third kappa shape index (κ3) is 1.17. The van der Waals surface area contributed by atoms with Gasteiger partial charge in [-0.1, -0.05) is 27.7 Å². The van der Waals surface area contributed by atoms with Crippen LogP contribution in [0.15, 0.2) is 0 Å². The molecule has 3 aliphatic carbocycles. The molecule has 5 atom stereocenters. The third-order valence-corrected chi connectivity index (χ3v) is 6.27. The van der Waals surface area contributed by atoms with Gasteiger partial charge in [-0.2, -0.15) is 0 Å². The molecule has 3 saturated carbocycles. The number of hydrogen-bond acceptors (Lipinski definition) is 2. The number of fused-ring (bicyclic) bond motifs is 3. The number of carbonyl (C=O) groups excluding carboxylic acids is 2. The number of ketones is 2. The summed E-state index contributed by atoms with van der Waals surface area (Å²) in [5.74, 6) is 1.97. The second-order valence-corrected chi connectivity index (χ2v) is 7.27. The van der Waals surface area contributed by atoms with Crippen LogP contribution in [0.25, 0.3) is 0 Å². The van der Waals surface area contributed by atoms with Crippen molar-refractivity contribution in [3.63, 3.8) is 0 Å². The van der Waals surface area contributed by atoms with E-state index in [9.17, 15) is 9.59 Å². The molecule has 0 radical (unpaired) electrons.